The van der Waals surface area contributed by atoms with Gasteiger partial charge in [-0.1, -0.05) is 55.8 Å². The molecular formula is C23H22O3. The quantitative estimate of drug-likeness (QED) is 0.422. The van der Waals surface area contributed by atoms with Gasteiger partial charge in [0.2, 0.25) is 0 Å². The highest BCUT2D eigenvalue weighted by atomic mass is 16.5. The summed E-state index contributed by atoms with van der Waals surface area (Å²) >= 11 is 0. The first-order chi connectivity index (χ1) is 12.7. The van der Waals surface area contributed by atoms with Crippen LogP contribution in [0.1, 0.15) is 34.8 Å². The van der Waals surface area contributed by atoms with Crippen molar-refractivity contribution in [3.05, 3.63) is 95.6 Å². The van der Waals surface area contributed by atoms with Gasteiger partial charge in [-0.2, -0.15) is 0 Å². The largest absolute Gasteiger partial charge is 0.489 e. The van der Waals surface area contributed by atoms with Gasteiger partial charge in [-0.05, 0) is 53.9 Å². The van der Waals surface area contributed by atoms with Gasteiger partial charge in [0.1, 0.15) is 18.1 Å². The molecule has 0 aliphatic rings. The van der Waals surface area contributed by atoms with Crippen molar-refractivity contribution in [2.24, 2.45) is 0 Å². The number of rotatable bonds is 7. The van der Waals surface area contributed by atoms with Crippen molar-refractivity contribution >= 4 is 5.97 Å². The number of ether oxygens (including phenoxy) is 2. The van der Waals surface area contributed by atoms with Gasteiger partial charge >= 0.3 is 5.97 Å². The Hall–Kier alpha value is -3.07. The van der Waals surface area contributed by atoms with Gasteiger partial charge in [0.05, 0.1) is 5.56 Å². The molecule has 26 heavy (non-hydrogen) atoms. The van der Waals surface area contributed by atoms with Crippen molar-refractivity contribution < 1.29 is 14.3 Å². The van der Waals surface area contributed by atoms with E-state index in [2.05, 4.69) is 19.1 Å². The molecule has 132 valence electrons. The van der Waals surface area contributed by atoms with Gasteiger partial charge in [-0.25, -0.2) is 4.79 Å². The maximum Gasteiger partial charge on any atom is 0.343 e. The average molecular weight is 346 g/mol. The zero-order valence-corrected chi connectivity index (χ0v) is 14.9. The molecule has 0 heterocycles. The van der Waals surface area contributed by atoms with Crippen LogP contribution in [0, 0.1) is 0 Å². The van der Waals surface area contributed by atoms with E-state index < -0.39 is 0 Å². The van der Waals surface area contributed by atoms with Crippen LogP contribution >= 0.6 is 0 Å². The molecule has 0 aliphatic carbocycles. The maximum absolute atomic E-state index is 12.3. The average Bonchev–Trinajstić information content (AvgIpc) is 2.69. The lowest BCUT2D eigenvalue weighted by molar-refractivity contribution is 0.0734. The lowest BCUT2D eigenvalue weighted by Crippen LogP contribution is -2.09. The third kappa shape index (κ3) is 4.96. The van der Waals surface area contributed by atoms with Gasteiger partial charge in [-0.15, -0.1) is 0 Å². The normalized spacial score (nSPS) is 10.3. The summed E-state index contributed by atoms with van der Waals surface area (Å²) in [5, 5.41) is 0. The fourth-order valence-corrected chi connectivity index (χ4v) is 2.65. The monoisotopic (exact) mass is 346 g/mol. The van der Waals surface area contributed by atoms with Crippen LogP contribution < -0.4 is 9.47 Å². The Morgan fingerprint density at radius 3 is 2.31 bits per heavy atom. The minimum atomic E-state index is -0.373. The van der Waals surface area contributed by atoms with Crippen LogP contribution in [0.5, 0.6) is 11.5 Å². The fraction of sp³-hybridized carbons (Fsp3) is 0.174. The third-order valence-corrected chi connectivity index (χ3v) is 3.98. The van der Waals surface area contributed by atoms with Gasteiger partial charge in [0.15, 0.2) is 0 Å². The predicted octanol–water partition coefficient (Wildman–Crippen LogP) is 5.44. The first-order valence-electron chi connectivity index (χ1n) is 8.82. The fourth-order valence-electron chi connectivity index (χ4n) is 2.65. The molecule has 0 aliphatic heterocycles. The molecule has 0 bridgehead atoms. The molecule has 0 amide bonds. The van der Waals surface area contributed by atoms with E-state index >= 15 is 0 Å². The van der Waals surface area contributed by atoms with Crippen LogP contribution in [-0.2, 0) is 13.0 Å². The molecule has 0 saturated heterocycles. The van der Waals surface area contributed by atoms with E-state index in [-0.39, 0.29) is 5.97 Å². The van der Waals surface area contributed by atoms with Gasteiger partial charge in [0.25, 0.3) is 0 Å². The van der Waals surface area contributed by atoms with Crippen molar-refractivity contribution in [2.45, 2.75) is 26.4 Å². The Balaban J connectivity index is 1.61. The smallest absolute Gasteiger partial charge is 0.343 e. The maximum atomic E-state index is 12.3. The first kappa shape index (κ1) is 17.7. The highest BCUT2D eigenvalue weighted by Gasteiger charge is 2.09. The number of aryl methyl sites for hydroxylation is 1. The highest BCUT2D eigenvalue weighted by molar-refractivity contribution is 5.91. The van der Waals surface area contributed by atoms with E-state index in [1.165, 1.54) is 5.56 Å². The summed E-state index contributed by atoms with van der Waals surface area (Å²) in [6, 6.07) is 24.5. The Kier molecular flexibility index (Phi) is 6.05. The minimum absolute atomic E-state index is 0.373. The second kappa shape index (κ2) is 8.86. The molecular weight excluding hydrogens is 324 g/mol. The topological polar surface area (TPSA) is 35.5 Å². The standard InChI is InChI=1S/C23H22O3/c1-2-7-18-12-14-21(15-13-18)25-17-19-8-6-9-20(16-19)23(24)26-22-10-4-3-5-11-22/h3-6,8-16H,2,7,17H2,1H3. The molecule has 0 atom stereocenters. The van der Waals surface area contributed by atoms with E-state index in [0.29, 0.717) is 17.9 Å². The van der Waals surface area contributed by atoms with Crippen LogP contribution in [-0.4, -0.2) is 5.97 Å². The first-order valence-corrected chi connectivity index (χ1v) is 8.82. The summed E-state index contributed by atoms with van der Waals surface area (Å²) in [5.74, 6) is 0.982. The molecule has 0 N–H and O–H groups in total. The van der Waals surface area contributed by atoms with E-state index in [9.17, 15) is 4.79 Å². The van der Waals surface area contributed by atoms with Crippen molar-refractivity contribution in [3.8, 4) is 11.5 Å². The van der Waals surface area contributed by atoms with E-state index in [1.54, 1.807) is 24.3 Å². The van der Waals surface area contributed by atoms with Crippen LogP contribution in [0.15, 0.2) is 78.9 Å². The number of hydrogen-bond donors (Lipinski definition) is 0. The Morgan fingerprint density at radius 2 is 1.58 bits per heavy atom. The Labute approximate surface area is 154 Å². The van der Waals surface area contributed by atoms with Crippen LogP contribution in [0.2, 0.25) is 0 Å². The van der Waals surface area contributed by atoms with Crippen molar-refractivity contribution in [1.82, 2.24) is 0 Å². The van der Waals surface area contributed by atoms with Gasteiger partial charge < -0.3 is 9.47 Å². The number of carbonyl (C=O) groups is 1. The molecule has 0 spiro atoms. The van der Waals surface area contributed by atoms with Gasteiger partial charge in [-0.3, -0.25) is 0 Å². The molecule has 0 fully saturated rings. The summed E-state index contributed by atoms with van der Waals surface area (Å²) < 4.78 is 11.2. The van der Waals surface area contributed by atoms with Crippen LogP contribution in [0.3, 0.4) is 0 Å². The molecule has 0 saturated carbocycles. The van der Waals surface area contributed by atoms with E-state index in [0.717, 1.165) is 24.2 Å². The SMILES string of the molecule is CCCc1ccc(OCc2cccc(C(=O)Oc3ccccc3)c2)cc1. The van der Waals surface area contributed by atoms with Crippen LogP contribution in [0.4, 0.5) is 0 Å². The Bertz CT molecular complexity index is 839. The van der Waals surface area contributed by atoms with E-state index in [1.807, 2.05) is 42.5 Å². The zero-order valence-electron chi connectivity index (χ0n) is 14.9. The van der Waals surface area contributed by atoms with E-state index in [4.69, 9.17) is 9.47 Å². The number of carbonyl (C=O) groups excluding carboxylic acids is 1. The molecule has 3 aromatic rings. The van der Waals surface area contributed by atoms with Crippen molar-refractivity contribution in [3.63, 3.8) is 0 Å². The summed E-state index contributed by atoms with van der Waals surface area (Å²) in [4.78, 5) is 12.3. The molecule has 3 nitrogen and oxygen atoms in total. The number of benzene rings is 3. The van der Waals surface area contributed by atoms with Gasteiger partial charge in [0, 0.05) is 0 Å². The molecule has 0 radical (unpaired) electrons. The Morgan fingerprint density at radius 1 is 0.808 bits per heavy atom. The van der Waals surface area contributed by atoms with Crippen LogP contribution in [0.25, 0.3) is 0 Å². The molecule has 3 heteroatoms. The molecule has 0 aromatic heterocycles. The predicted molar refractivity (Wildman–Crippen MR) is 103 cm³/mol. The third-order valence-electron chi connectivity index (χ3n) is 3.98. The summed E-state index contributed by atoms with van der Waals surface area (Å²) in [7, 11) is 0. The lowest BCUT2D eigenvalue weighted by atomic mass is 10.1. The molecule has 0 unspecified atom stereocenters. The number of para-hydroxylation sites is 1. The number of hydrogen-bond acceptors (Lipinski definition) is 3. The molecule has 3 aromatic carbocycles. The lowest BCUT2D eigenvalue weighted by Gasteiger charge is -2.09. The minimum Gasteiger partial charge on any atom is -0.489 e. The summed E-state index contributed by atoms with van der Waals surface area (Å²) in [5.41, 5.74) is 2.74. The number of esters is 1. The summed E-state index contributed by atoms with van der Waals surface area (Å²) in [6.45, 7) is 2.57. The second-order valence-corrected chi connectivity index (χ2v) is 6.09. The van der Waals surface area contributed by atoms with Crippen molar-refractivity contribution in [1.29, 1.82) is 0 Å². The van der Waals surface area contributed by atoms with Crippen molar-refractivity contribution in [2.75, 3.05) is 0 Å². The zero-order chi connectivity index (χ0) is 18.2. The molecule has 3 rings (SSSR count). The highest BCUT2D eigenvalue weighted by Crippen LogP contribution is 2.17. The summed E-state index contributed by atoms with van der Waals surface area (Å²) in [6.07, 6.45) is 2.21. The second-order valence-electron chi connectivity index (χ2n) is 6.09.